The predicted octanol–water partition coefficient (Wildman–Crippen LogP) is 2.17. The van der Waals surface area contributed by atoms with E-state index in [-0.39, 0.29) is 16.6 Å². The second-order valence-electron chi connectivity index (χ2n) is 3.38. The van der Waals surface area contributed by atoms with Gasteiger partial charge in [0.25, 0.3) is 0 Å². The Bertz CT molecular complexity index is 511. The maximum Gasteiger partial charge on any atom is 0.232 e. The fourth-order valence-corrected chi connectivity index (χ4v) is 2.59. The molecule has 7 heteroatoms. The summed E-state index contributed by atoms with van der Waals surface area (Å²) in [5.74, 6) is -0.0279. The zero-order chi connectivity index (χ0) is 12.7. The summed E-state index contributed by atoms with van der Waals surface area (Å²) in [6, 6.07) is 5.11. The van der Waals surface area contributed by atoms with Crippen molar-refractivity contribution < 1.29 is 8.42 Å². The average Bonchev–Trinajstić information content (AvgIpc) is 2.28. The highest BCUT2D eigenvalue weighted by Crippen LogP contribution is 2.19. The molecule has 17 heavy (non-hydrogen) atoms. The normalized spacial score (nSPS) is 10.8. The Balaban J connectivity index is 2.56. The van der Waals surface area contributed by atoms with Gasteiger partial charge in [-0.1, -0.05) is 11.6 Å². The van der Waals surface area contributed by atoms with Gasteiger partial charge in [-0.15, -0.1) is 0 Å². The number of pyridine rings is 1. The Kier molecular flexibility index (Phi) is 5.19. The van der Waals surface area contributed by atoms with Crippen molar-refractivity contribution in [1.29, 1.82) is 5.26 Å². The topological polar surface area (TPSA) is 82.8 Å². The molecule has 1 N–H and O–H groups in total. The number of anilines is 1. The number of nitriles is 1. The summed E-state index contributed by atoms with van der Waals surface area (Å²) < 4.78 is 25.6. The number of sulfonamides is 1. The van der Waals surface area contributed by atoms with Crippen molar-refractivity contribution in [3.63, 3.8) is 0 Å². The molecule has 0 bridgehead atoms. The van der Waals surface area contributed by atoms with Crippen LogP contribution in [0, 0.1) is 11.3 Å². The van der Waals surface area contributed by atoms with Crippen molar-refractivity contribution in [2.24, 2.45) is 0 Å². The molecule has 0 aliphatic carbocycles. The minimum atomic E-state index is -3.42. The molecule has 5 nitrogen and oxygen atoms in total. The number of rotatable bonds is 6. The molecule has 1 rings (SSSR count). The van der Waals surface area contributed by atoms with Gasteiger partial charge in [0, 0.05) is 12.6 Å². The Morgan fingerprint density at radius 2 is 2.24 bits per heavy atom. The predicted molar refractivity (Wildman–Crippen MR) is 66.1 cm³/mol. The van der Waals surface area contributed by atoms with E-state index in [0.29, 0.717) is 19.3 Å². The molecule has 0 aliphatic rings. The van der Waals surface area contributed by atoms with Crippen molar-refractivity contribution >= 4 is 27.3 Å². The summed E-state index contributed by atoms with van der Waals surface area (Å²) in [4.78, 5) is 3.77. The van der Waals surface area contributed by atoms with Crippen LogP contribution in [-0.2, 0) is 10.0 Å². The maximum atomic E-state index is 11.6. The van der Waals surface area contributed by atoms with Crippen LogP contribution in [0.1, 0.15) is 19.3 Å². The van der Waals surface area contributed by atoms with Crippen LogP contribution >= 0.6 is 11.6 Å². The Morgan fingerprint density at radius 1 is 1.47 bits per heavy atom. The third-order valence-corrected chi connectivity index (χ3v) is 3.63. The smallest absolute Gasteiger partial charge is 0.232 e. The van der Waals surface area contributed by atoms with Crippen LogP contribution in [0.3, 0.4) is 0 Å². The maximum absolute atomic E-state index is 11.6. The summed E-state index contributed by atoms with van der Waals surface area (Å²) in [6.07, 6.45) is 2.86. The Hall–Kier alpha value is -1.32. The lowest BCUT2D eigenvalue weighted by atomic mass is 10.3. The highest BCUT2D eigenvalue weighted by atomic mass is 35.5. The highest BCUT2D eigenvalue weighted by Gasteiger charge is 2.12. The van der Waals surface area contributed by atoms with Gasteiger partial charge in [-0.2, -0.15) is 5.26 Å². The van der Waals surface area contributed by atoms with Crippen LogP contribution in [0.15, 0.2) is 18.3 Å². The molecule has 1 aromatic heterocycles. The van der Waals surface area contributed by atoms with Crippen LogP contribution in [0.5, 0.6) is 0 Å². The number of halogens is 1. The number of nitrogens with zero attached hydrogens (tertiary/aromatic N) is 2. The van der Waals surface area contributed by atoms with E-state index >= 15 is 0 Å². The average molecular weight is 274 g/mol. The van der Waals surface area contributed by atoms with Crippen LogP contribution in [0.4, 0.5) is 5.69 Å². The van der Waals surface area contributed by atoms with Crippen molar-refractivity contribution in [2.75, 3.05) is 10.5 Å². The van der Waals surface area contributed by atoms with Gasteiger partial charge in [0.15, 0.2) is 5.15 Å². The molecule has 0 aliphatic heterocycles. The highest BCUT2D eigenvalue weighted by molar-refractivity contribution is 7.92. The molecule has 0 saturated carbocycles. The summed E-state index contributed by atoms with van der Waals surface area (Å²) in [6.45, 7) is 0. The van der Waals surface area contributed by atoms with Gasteiger partial charge < -0.3 is 0 Å². The zero-order valence-electron chi connectivity index (χ0n) is 9.06. The van der Waals surface area contributed by atoms with Crippen LogP contribution < -0.4 is 4.72 Å². The van der Waals surface area contributed by atoms with E-state index in [4.69, 9.17) is 16.9 Å². The van der Waals surface area contributed by atoms with Gasteiger partial charge in [0.05, 0.1) is 17.5 Å². The van der Waals surface area contributed by atoms with Crippen LogP contribution in [-0.4, -0.2) is 19.2 Å². The minimum absolute atomic E-state index is 0.0279. The van der Waals surface area contributed by atoms with Crippen molar-refractivity contribution in [3.05, 3.63) is 23.5 Å². The lowest BCUT2D eigenvalue weighted by Crippen LogP contribution is -2.17. The molecule has 1 aromatic rings. The minimum Gasteiger partial charge on any atom is -0.280 e. The molecule has 0 unspecified atom stereocenters. The van der Waals surface area contributed by atoms with E-state index < -0.39 is 10.0 Å². The van der Waals surface area contributed by atoms with Crippen molar-refractivity contribution in [1.82, 2.24) is 4.98 Å². The molecule has 0 fully saturated rings. The lowest BCUT2D eigenvalue weighted by Gasteiger charge is -2.08. The molecule has 0 radical (unpaired) electrons. The second kappa shape index (κ2) is 6.42. The first-order valence-electron chi connectivity index (χ1n) is 5.03. The summed E-state index contributed by atoms with van der Waals surface area (Å²) in [5.41, 5.74) is 0.273. The first kappa shape index (κ1) is 13.7. The van der Waals surface area contributed by atoms with Gasteiger partial charge in [0.1, 0.15) is 0 Å². The molecule has 0 spiro atoms. The number of nitrogens with one attached hydrogen (secondary N) is 1. The third-order valence-electron chi connectivity index (χ3n) is 1.98. The van der Waals surface area contributed by atoms with Crippen molar-refractivity contribution in [2.45, 2.75) is 19.3 Å². The van der Waals surface area contributed by atoms with E-state index in [1.165, 1.54) is 6.20 Å². The molecular formula is C10H12ClN3O2S. The molecule has 92 valence electrons. The molecule has 0 amide bonds. The fourth-order valence-electron chi connectivity index (χ4n) is 1.18. The van der Waals surface area contributed by atoms with Crippen LogP contribution in [0.2, 0.25) is 5.15 Å². The summed E-state index contributed by atoms with van der Waals surface area (Å²) >= 11 is 5.73. The van der Waals surface area contributed by atoms with E-state index in [9.17, 15) is 8.42 Å². The summed E-state index contributed by atoms with van der Waals surface area (Å²) in [7, 11) is -3.42. The number of unbranched alkanes of at least 4 members (excludes halogenated alkanes) is 2. The molecule has 0 atom stereocenters. The van der Waals surface area contributed by atoms with Gasteiger partial charge in [-0.05, 0) is 25.0 Å². The van der Waals surface area contributed by atoms with Crippen LogP contribution in [0.25, 0.3) is 0 Å². The SMILES string of the molecule is N#CCCCCS(=O)(=O)Nc1cccnc1Cl. The second-order valence-corrected chi connectivity index (χ2v) is 5.58. The number of hydrogen-bond acceptors (Lipinski definition) is 4. The third kappa shape index (κ3) is 5.02. The zero-order valence-corrected chi connectivity index (χ0v) is 10.6. The number of hydrogen-bond donors (Lipinski definition) is 1. The fraction of sp³-hybridized carbons (Fsp3) is 0.400. The van der Waals surface area contributed by atoms with Gasteiger partial charge >= 0.3 is 0 Å². The molecular weight excluding hydrogens is 262 g/mol. The first-order chi connectivity index (χ1) is 8.05. The van der Waals surface area contributed by atoms with E-state index in [0.717, 1.165) is 0 Å². The quantitative estimate of drug-likeness (QED) is 0.636. The first-order valence-corrected chi connectivity index (χ1v) is 7.06. The largest absolute Gasteiger partial charge is 0.280 e. The molecule has 0 aromatic carbocycles. The van der Waals surface area contributed by atoms with Gasteiger partial charge in [-0.25, -0.2) is 13.4 Å². The molecule has 1 heterocycles. The van der Waals surface area contributed by atoms with Gasteiger partial charge in [0.2, 0.25) is 10.0 Å². The van der Waals surface area contributed by atoms with E-state index in [1.807, 2.05) is 6.07 Å². The van der Waals surface area contributed by atoms with Gasteiger partial charge in [-0.3, -0.25) is 4.72 Å². The lowest BCUT2D eigenvalue weighted by molar-refractivity contribution is 0.597. The van der Waals surface area contributed by atoms with E-state index in [1.54, 1.807) is 12.1 Å². The standard InChI is InChI=1S/C10H12ClN3O2S/c11-10-9(5-4-7-13-10)14-17(15,16)8-3-1-2-6-12/h4-5,7,14H,1-3,8H2. The molecule has 0 saturated heterocycles. The summed E-state index contributed by atoms with van der Waals surface area (Å²) in [5, 5.41) is 8.45. The van der Waals surface area contributed by atoms with Crippen molar-refractivity contribution in [3.8, 4) is 6.07 Å². The number of aromatic nitrogens is 1. The van der Waals surface area contributed by atoms with E-state index in [2.05, 4.69) is 9.71 Å². The Labute approximate surface area is 105 Å². The Morgan fingerprint density at radius 3 is 2.88 bits per heavy atom. The monoisotopic (exact) mass is 273 g/mol.